The molecule has 3 aliphatic carbocycles. The second-order valence-corrected chi connectivity index (χ2v) is 24.7. The number of amides is 3. The number of aromatic nitrogens is 4. The van der Waals surface area contributed by atoms with Gasteiger partial charge in [0, 0.05) is 98.5 Å². The Balaban J connectivity index is 0.661. The van der Waals surface area contributed by atoms with Crippen LogP contribution in [0.4, 0.5) is 4.79 Å². The van der Waals surface area contributed by atoms with Crippen LogP contribution >= 0.6 is 0 Å². The highest BCUT2D eigenvalue weighted by molar-refractivity contribution is 5.79. The first-order valence-corrected chi connectivity index (χ1v) is 31.0. The molecule has 19 nitrogen and oxygen atoms in total. The van der Waals surface area contributed by atoms with E-state index >= 15 is 0 Å². The molecule has 3 aliphatic heterocycles. The molecule has 3 amide bonds. The van der Waals surface area contributed by atoms with Gasteiger partial charge in [0.25, 0.3) is 11.8 Å². The van der Waals surface area contributed by atoms with Crippen molar-refractivity contribution in [2.24, 2.45) is 0 Å². The molecule has 3 N–H and O–H groups in total. The van der Waals surface area contributed by atoms with Crippen molar-refractivity contribution in [3.8, 4) is 69.3 Å². The highest BCUT2D eigenvalue weighted by Gasteiger charge is 2.40. The van der Waals surface area contributed by atoms with Gasteiger partial charge >= 0.3 is 6.03 Å². The number of fused-ring (bicyclic) bond motifs is 3. The number of rotatable bonds is 16. The number of hydrogen-bond acceptors (Lipinski definition) is 16. The van der Waals surface area contributed by atoms with Gasteiger partial charge in [-0.05, 0) is 159 Å². The Morgan fingerprint density at radius 2 is 1.37 bits per heavy atom. The lowest BCUT2D eigenvalue weighted by Crippen LogP contribution is -2.50. The molecule has 5 aromatic carbocycles. The van der Waals surface area contributed by atoms with Crippen molar-refractivity contribution in [3.05, 3.63) is 141 Å². The van der Waals surface area contributed by atoms with Crippen LogP contribution in [0.15, 0.2) is 94.0 Å². The van der Waals surface area contributed by atoms with Gasteiger partial charge in [-0.15, -0.1) is 0 Å². The zero-order valence-corrected chi connectivity index (χ0v) is 50.0. The third-order valence-electron chi connectivity index (χ3n) is 18.5. The minimum absolute atomic E-state index is 0.00758. The lowest BCUT2D eigenvalue weighted by Gasteiger charge is -2.42. The second-order valence-electron chi connectivity index (χ2n) is 24.7. The molecular weight excluding hydrogens is 1100 g/mol. The summed E-state index contributed by atoms with van der Waals surface area (Å²) in [6.07, 6.45) is 7.27. The molecule has 13 rings (SSSR count). The summed E-state index contributed by atoms with van der Waals surface area (Å²) >= 11 is 0. The number of carbonyl (C=O) groups excluding carboxylic acids is 2. The lowest BCUT2D eigenvalue weighted by atomic mass is 9.73. The number of morpholine rings is 1. The van der Waals surface area contributed by atoms with Gasteiger partial charge in [-0.3, -0.25) is 9.69 Å². The van der Waals surface area contributed by atoms with Gasteiger partial charge in [0.15, 0.2) is 0 Å². The molecule has 87 heavy (non-hydrogen) atoms. The molecule has 6 aliphatic rings. The molecule has 0 spiro atoms. The highest BCUT2D eigenvalue weighted by Crippen LogP contribution is 2.45. The van der Waals surface area contributed by atoms with Gasteiger partial charge in [-0.1, -0.05) is 59.7 Å². The van der Waals surface area contributed by atoms with E-state index in [-0.39, 0.29) is 60.1 Å². The van der Waals surface area contributed by atoms with E-state index in [1.165, 1.54) is 27.8 Å². The van der Waals surface area contributed by atoms with Crippen molar-refractivity contribution >= 4 is 11.9 Å². The Kier molecular flexibility index (Phi) is 16.4. The zero-order valence-electron chi connectivity index (χ0n) is 50.0. The minimum atomic E-state index is -0.332. The number of benzene rings is 5. The van der Waals surface area contributed by atoms with Crippen molar-refractivity contribution in [1.82, 2.24) is 50.9 Å². The van der Waals surface area contributed by atoms with Crippen molar-refractivity contribution in [3.63, 3.8) is 0 Å². The van der Waals surface area contributed by atoms with Crippen LogP contribution in [-0.2, 0) is 40.6 Å². The van der Waals surface area contributed by atoms with Crippen LogP contribution in [0.2, 0.25) is 0 Å². The van der Waals surface area contributed by atoms with E-state index in [2.05, 4.69) is 86.6 Å². The van der Waals surface area contributed by atoms with E-state index in [0.717, 1.165) is 112 Å². The van der Waals surface area contributed by atoms with E-state index in [1.807, 2.05) is 54.8 Å². The van der Waals surface area contributed by atoms with Crippen LogP contribution < -0.4 is 25.4 Å². The summed E-state index contributed by atoms with van der Waals surface area (Å²) in [4.78, 5) is 43.5. The molecule has 7 aromatic rings. The maximum Gasteiger partial charge on any atom is 0.317 e. The summed E-state index contributed by atoms with van der Waals surface area (Å²) in [5.41, 5.74) is 13.1. The number of hydrogen-bond donors (Lipinski definition) is 3. The maximum atomic E-state index is 14.1. The van der Waals surface area contributed by atoms with Crippen LogP contribution in [0.3, 0.4) is 0 Å². The molecule has 0 bridgehead atoms. The summed E-state index contributed by atoms with van der Waals surface area (Å²) in [5.74, 6) is 2.58. The number of nitrogens with zero attached hydrogens (tertiary/aromatic N) is 9. The first-order chi connectivity index (χ1) is 42.4. The second kappa shape index (κ2) is 24.7. The average Bonchev–Trinajstić information content (AvgIpc) is 1.93. The summed E-state index contributed by atoms with van der Waals surface area (Å²) in [7, 11) is 0. The number of urea groups is 1. The fourth-order valence-corrected chi connectivity index (χ4v) is 14.4. The van der Waals surface area contributed by atoms with Crippen LogP contribution in [-0.4, -0.2) is 131 Å². The number of likely N-dealkylation sites (tertiary alicyclic amines) is 1. The predicted molar refractivity (Wildman–Crippen MR) is 325 cm³/mol. The SMILES string of the molecule is CC(C)Oc1ccc(-c2nc(-c3cc(CC(C)Oc4ccc(-c5nc(-c6cccc7c6CCC7NCC(=O)N6CCCC(C)(c7cccc8c7CCC8NC(=O)N7CCNCC7)C6)no5)cc4C#N)cc4c3CCC4N3CCOCC3)no2)cc1C#N. The topological polar surface area (TPSA) is 233 Å². The summed E-state index contributed by atoms with van der Waals surface area (Å²) in [6.45, 7) is 15.9. The van der Waals surface area contributed by atoms with Gasteiger partial charge in [-0.2, -0.15) is 20.5 Å². The third-order valence-corrected chi connectivity index (χ3v) is 18.5. The van der Waals surface area contributed by atoms with Crippen molar-refractivity contribution in [2.75, 3.05) is 72.1 Å². The third kappa shape index (κ3) is 11.8. The van der Waals surface area contributed by atoms with Crippen molar-refractivity contribution < 1.29 is 32.8 Å². The molecule has 0 radical (unpaired) electrons. The van der Waals surface area contributed by atoms with E-state index in [1.54, 1.807) is 24.3 Å². The van der Waals surface area contributed by atoms with Gasteiger partial charge in [0.05, 0.1) is 49.1 Å². The van der Waals surface area contributed by atoms with Gasteiger partial charge < -0.3 is 49.0 Å². The smallest absolute Gasteiger partial charge is 0.317 e. The van der Waals surface area contributed by atoms with Crippen LogP contribution in [0.5, 0.6) is 11.5 Å². The van der Waals surface area contributed by atoms with Crippen LogP contribution in [0.25, 0.3) is 45.7 Å². The summed E-state index contributed by atoms with van der Waals surface area (Å²) in [6, 6.07) is 32.6. The Labute approximate surface area is 507 Å². The van der Waals surface area contributed by atoms with Crippen LogP contribution in [0.1, 0.15) is 134 Å². The van der Waals surface area contributed by atoms with Gasteiger partial charge in [-0.25, -0.2) is 4.79 Å². The molecular formula is C68H74N12O7. The normalized spacial score (nSPS) is 21.2. The first kappa shape index (κ1) is 57.6. The average molecular weight is 1170 g/mol. The Morgan fingerprint density at radius 3 is 2.08 bits per heavy atom. The number of piperazine rings is 1. The maximum absolute atomic E-state index is 14.1. The van der Waals surface area contributed by atoms with Crippen LogP contribution in [0, 0.1) is 22.7 Å². The molecule has 448 valence electrons. The predicted octanol–water partition coefficient (Wildman–Crippen LogP) is 9.74. The number of ether oxygens (including phenoxy) is 3. The Hall–Kier alpha value is -8.46. The van der Waals surface area contributed by atoms with Gasteiger partial charge in [0.1, 0.15) is 23.6 Å². The fraction of sp³-hybridized carbons (Fsp3) is 0.441. The Morgan fingerprint density at radius 1 is 0.724 bits per heavy atom. The van der Waals surface area contributed by atoms with Crippen molar-refractivity contribution in [2.45, 2.75) is 121 Å². The van der Waals surface area contributed by atoms with E-state index < -0.39 is 0 Å². The van der Waals surface area contributed by atoms with Crippen molar-refractivity contribution in [1.29, 1.82) is 10.5 Å². The quantitative estimate of drug-likeness (QED) is 0.0817. The molecule has 3 fully saturated rings. The van der Waals surface area contributed by atoms with E-state index in [9.17, 15) is 20.1 Å². The summed E-state index contributed by atoms with van der Waals surface area (Å²) in [5, 5.41) is 39.7. The number of nitriles is 2. The molecule has 3 saturated heterocycles. The highest BCUT2D eigenvalue weighted by atomic mass is 16.5. The molecule has 5 heterocycles. The number of carbonyl (C=O) groups is 2. The monoisotopic (exact) mass is 1170 g/mol. The summed E-state index contributed by atoms with van der Waals surface area (Å²) < 4.78 is 30.0. The molecule has 5 atom stereocenters. The molecule has 0 saturated carbocycles. The number of nitrogens with one attached hydrogen (secondary N) is 3. The van der Waals surface area contributed by atoms with E-state index in [4.69, 9.17) is 33.2 Å². The standard InChI is InChI=1S/C68H74N12O7/c1-41(2)84-60-20-12-44(35-46(60)37-69)66-75-64(77-87-66)55-34-43(33-54-49(55)16-19-59(54)78-28-30-83-31-29-78)32-42(3)85-61-21-13-45(36-47(61)38-70)65-74-63(76-86-65)53-10-5-8-51-48(53)14-17-57(51)72-39-62(81)80-25-7-22-68(4,40-80)56-11-6-9-52-50(56)15-18-58(52)73-67(82)79-26-23-71-24-27-79/h5-6,8-13,20-21,33-36,41-42,57-59,71-72H,7,14-19,22-32,39-40H2,1-4H3,(H,73,82). The first-order valence-electron chi connectivity index (χ1n) is 31.0. The minimum Gasteiger partial charge on any atom is -0.490 e. The molecule has 2 aromatic heterocycles. The molecule has 19 heteroatoms. The van der Waals surface area contributed by atoms with E-state index in [0.29, 0.717) is 90.6 Å². The largest absolute Gasteiger partial charge is 0.490 e. The zero-order chi connectivity index (χ0) is 59.8. The van der Waals surface area contributed by atoms with Gasteiger partial charge in [0.2, 0.25) is 17.6 Å². The number of piperidine rings is 1. The molecule has 5 unspecified atom stereocenters. The lowest BCUT2D eigenvalue weighted by molar-refractivity contribution is -0.132. The Bertz CT molecular complexity index is 3810. The fourth-order valence-electron chi connectivity index (χ4n) is 14.4.